The van der Waals surface area contributed by atoms with Crippen molar-refractivity contribution in [3.63, 3.8) is 0 Å². The largest absolute Gasteiger partial charge is 0.313 e. The average Bonchev–Trinajstić information content (AvgIpc) is 2.45. The molecule has 2 aromatic rings. The van der Waals surface area contributed by atoms with Crippen LogP contribution in [-0.2, 0) is 6.42 Å². The Hall–Kier alpha value is -1.40. The molecule has 1 nitrogen and oxygen atoms in total. The van der Waals surface area contributed by atoms with Gasteiger partial charge in [0.25, 0.3) is 0 Å². The molecule has 0 aliphatic carbocycles. The summed E-state index contributed by atoms with van der Waals surface area (Å²) >= 11 is 3.15. The van der Waals surface area contributed by atoms with E-state index in [-0.39, 0.29) is 12.0 Å². The van der Waals surface area contributed by atoms with Gasteiger partial charge < -0.3 is 5.32 Å². The predicted molar refractivity (Wildman–Crippen MR) is 75.9 cm³/mol. The van der Waals surface area contributed by atoms with Crippen LogP contribution in [0, 0.1) is 23.3 Å². The number of likely N-dealkylation sites (N-methyl/N-ethyl adjacent to an activating group) is 1. The van der Waals surface area contributed by atoms with Crippen LogP contribution in [-0.4, -0.2) is 7.05 Å². The van der Waals surface area contributed by atoms with E-state index in [1.807, 2.05) is 0 Å². The van der Waals surface area contributed by atoms with Crippen molar-refractivity contribution in [1.29, 1.82) is 0 Å². The van der Waals surface area contributed by atoms with Gasteiger partial charge in [-0.2, -0.15) is 0 Å². The summed E-state index contributed by atoms with van der Waals surface area (Å²) in [6.45, 7) is 0. The Morgan fingerprint density at radius 3 is 2.33 bits per heavy atom. The molecule has 6 heteroatoms. The second-order valence-corrected chi connectivity index (χ2v) is 5.46. The topological polar surface area (TPSA) is 12.0 Å². The standard InChI is InChI=1S/C15H12BrF4N/c1-21-13(6-8-2-3-9(16)7-12(8)18)10-4-5-11(17)15(20)14(10)19/h2-5,7,13,21H,6H2,1H3. The first-order chi connectivity index (χ1) is 9.93. The summed E-state index contributed by atoms with van der Waals surface area (Å²) in [6, 6.07) is 5.86. The quantitative estimate of drug-likeness (QED) is 0.624. The molecule has 0 amide bonds. The van der Waals surface area contributed by atoms with E-state index in [9.17, 15) is 17.6 Å². The number of benzene rings is 2. The molecule has 1 N–H and O–H groups in total. The summed E-state index contributed by atoms with van der Waals surface area (Å²) in [5.74, 6) is -4.48. The van der Waals surface area contributed by atoms with Crippen molar-refractivity contribution in [3.8, 4) is 0 Å². The van der Waals surface area contributed by atoms with Gasteiger partial charge >= 0.3 is 0 Å². The molecule has 0 aliphatic rings. The monoisotopic (exact) mass is 361 g/mol. The minimum Gasteiger partial charge on any atom is -0.313 e. The summed E-state index contributed by atoms with van der Waals surface area (Å²) in [7, 11) is 1.54. The van der Waals surface area contributed by atoms with Gasteiger partial charge in [0.15, 0.2) is 17.5 Å². The van der Waals surface area contributed by atoms with Gasteiger partial charge in [0.05, 0.1) is 0 Å². The molecule has 1 atom stereocenters. The highest BCUT2D eigenvalue weighted by Crippen LogP contribution is 2.26. The molecule has 0 bridgehead atoms. The third kappa shape index (κ3) is 3.44. The Kier molecular flexibility index (Phi) is 5.00. The Balaban J connectivity index is 2.34. The first-order valence-electron chi connectivity index (χ1n) is 6.18. The minimum absolute atomic E-state index is 0.0429. The second kappa shape index (κ2) is 6.58. The molecule has 0 heterocycles. The third-order valence-electron chi connectivity index (χ3n) is 3.23. The molecule has 0 spiro atoms. The molecule has 0 fully saturated rings. The highest BCUT2D eigenvalue weighted by atomic mass is 79.9. The van der Waals surface area contributed by atoms with Gasteiger partial charge in [-0.1, -0.05) is 28.1 Å². The van der Waals surface area contributed by atoms with Crippen LogP contribution >= 0.6 is 15.9 Å². The molecule has 0 aliphatic heterocycles. The van der Waals surface area contributed by atoms with Crippen molar-refractivity contribution < 1.29 is 17.6 Å². The first-order valence-corrected chi connectivity index (χ1v) is 6.98. The van der Waals surface area contributed by atoms with Gasteiger partial charge in [-0.15, -0.1) is 0 Å². The van der Waals surface area contributed by atoms with Crippen LogP contribution in [0.25, 0.3) is 0 Å². The van der Waals surface area contributed by atoms with Crippen molar-refractivity contribution in [2.75, 3.05) is 7.05 Å². The molecule has 2 aromatic carbocycles. The van der Waals surface area contributed by atoms with Crippen LogP contribution in [0.3, 0.4) is 0 Å². The molecule has 1 unspecified atom stereocenters. The van der Waals surface area contributed by atoms with Gasteiger partial charge in [0.1, 0.15) is 5.82 Å². The lowest BCUT2D eigenvalue weighted by atomic mass is 9.98. The van der Waals surface area contributed by atoms with Gasteiger partial charge in [-0.05, 0) is 37.2 Å². The Morgan fingerprint density at radius 2 is 1.71 bits per heavy atom. The molecular formula is C15H12BrF4N. The molecule has 112 valence electrons. The molecule has 2 rings (SSSR count). The summed E-state index contributed by atoms with van der Waals surface area (Å²) in [5, 5.41) is 2.79. The normalized spacial score (nSPS) is 12.5. The minimum atomic E-state index is -1.52. The Morgan fingerprint density at radius 1 is 1.00 bits per heavy atom. The van der Waals surface area contributed by atoms with Crippen LogP contribution in [0.4, 0.5) is 17.6 Å². The van der Waals surface area contributed by atoms with E-state index in [0.717, 1.165) is 12.1 Å². The van der Waals surface area contributed by atoms with Crippen LogP contribution in [0.2, 0.25) is 0 Å². The summed E-state index contributed by atoms with van der Waals surface area (Å²) in [4.78, 5) is 0. The predicted octanol–water partition coefficient (Wildman–Crippen LogP) is 4.51. The van der Waals surface area contributed by atoms with Crippen molar-refractivity contribution >= 4 is 15.9 Å². The maximum atomic E-state index is 13.8. The van der Waals surface area contributed by atoms with Gasteiger partial charge in [-0.3, -0.25) is 0 Å². The number of halogens is 5. The van der Waals surface area contributed by atoms with E-state index in [0.29, 0.717) is 10.0 Å². The smallest absolute Gasteiger partial charge is 0.194 e. The fourth-order valence-electron chi connectivity index (χ4n) is 2.08. The van der Waals surface area contributed by atoms with Crippen molar-refractivity contribution in [3.05, 3.63) is 69.2 Å². The molecule has 0 saturated carbocycles. The fraction of sp³-hybridized carbons (Fsp3) is 0.200. The lowest BCUT2D eigenvalue weighted by Gasteiger charge is -2.18. The zero-order valence-corrected chi connectivity index (χ0v) is 12.6. The maximum Gasteiger partial charge on any atom is 0.194 e. The van der Waals surface area contributed by atoms with E-state index in [1.165, 1.54) is 6.07 Å². The SMILES string of the molecule is CNC(Cc1ccc(Br)cc1F)c1ccc(F)c(F)c1F. The van der Waals surface area contributed by atoms with E-state index >= 15 is 0 Å². The van der Waals surface area contributed by atoms with Gasteiger partial charge in [0, 0.05) is 16.1 Å². The highest BCUT2D eigenvalue weighted by Gasteiger charge is 2.21. The van der Waals surface area contributed by atoms with Crippen LogP contribution in [0.15, 0.2) is 34.8 Å². The number of nitrogens with one attached hydrogen (secondary N) is 1. The lowest BCUT2D eigenvalue weighted by molar-refractivity contribution is 0.427. The average molecular weight is 362 g/mol. The van der Waals surface area contributed by atoms with Gasteiger partial charge in [-0.25, -0.2) is 17.6 Å². The number of hydrogen-bond donors (Lipinski definition) is 1. The molecule has 0 saturated heterocycles. The Labute approximate surface area is 128 Å². The van der Waals surface area contributed by atoms with E-state index in [4.69, 9.17) is 0 Å². The van der Waals surface area contributed by atoms with Crippen molar-refractivity contribution in [2.24, 2.45) is 0 Å². The number of hydrogen-bond acceptors (Lipinski definition) is 1. The summed E-state index contributed by atoms with van der Waals surface area (Å²) in [6.07, 6.45) is 0.109. The molecule has 21 heavy (non-hydrogen) atoms. The lowest BCUT2D eigenvalue weighted by Crippen LogP contribution is -2.21. The van der Waals surface area contributed by atoms with Crippen LogP contribution in [0.1, 0.15) is 17.2 Å². The van der Waals surface area contributed by atoms with Gasteiger partial charge in [0.2, 0.25) is 0 Å². The zero-order valence-electron chi connectivity index (χ0n) is 11.1. The Bertz CT molecular complexity index is 660. The van der Waals surface area contributed by atoms with Crippen molar-refractivity contribution in [1.82, 2.24) is 5.32 Å². The number of rotatable bonds is 4. The maximum absolute atomic E-state index is 13.8. The fourth-order valence-corrected chi connectivity index (χ4v) is 2.42. The van der Waals surface area contributed by atoms with Crippen LogP contribution < -0.4 is 5.32 Å². The first kappa shape index (κ1) is 16.0. The second-order valence-electron chi connectivity index (χ2n) is 4.55. The molecule has 0 radical (unpaired) electrons. The van der Waals surface area contributed by atoms with Crippen molar-refractivity contribution in [2.45, 2.75) is 12.5 Å². The highest BCUT2D eigenvalue weighted by molar-refractivity contribution is 9.10. The van der Waals surface area contributed by atoms with Crippen LogP contribution in [0.5, 0.6) is 0 Å². The molecule has 0 aromatic heterocycles. The van der Waals surface area contributed by atoms with E-state index < -0.39 is 29.3 Å². The summed E-state index contributed by atoms with van der Waals surface area (Å²) < 4.78 is 54.5. The van der Waals surface area contributed by atoms with E-state index in [2.05, 4.69) is 21.2 Å². The zero-order chi connectivity index (χ0) is 15.6. The third-order valence-corrected chi connectivity index (χ3v) is 3.72. The summed E-state index contributed by atoms with van der Waals surface area (Å²) in [5.41, 5.74) is 0.306. The molecular weight excluding hydrogens is 350 g/mol. The van der Waals surface area contributed by atoms with E-state index in [1.54, 1.807) is 19.2 Å².